The highest BCUT2D eigenvalue weighted by atomic mass is 16.3. The summed E-state index contributed by atoms with van der Waals surface area (Å²) in [6.45, 7) is 13.1. The normalized spacial score (nSPS) is 13.7. The van der Waals surface area contributed by atoms with Gasteiger partial charge in [-0.25, -0.2) is 4.98 Å². The van der Waals surface area contributed by atoms with Crippen molar-refractivity contribution in [1.29, 1.82) is 0 Å². The molecule has 8 rings (SSSR count). The number of nitrogens with zero attached hydrogens (tertiary/aromatic N) is 3. The minimum Gasteiger partial charge on any atom is -0.507 e. The zero-order valence-corrected chi connectivity index (χ0v) is 29.9. The van der Waals surface area contributed by atoms with E-state index in [-0.39, 0.29) is 10.8 Å². The van der Waals surface area contributed by atoms with E-state index in [0.29, 0.717) is 5.75 Å². The van der Waals surface area contributed by atoms with E-state index >= 15 is 0 Å². The molecule has 5 aromatic carbocycles. The Kier molecular flexibility index (Phi) is 7.17. The largest absolute Gasteiger partial charge is 0.507 e. The lowest BCUT2D eigenvalue weighted by Gasteiger charge is -2.33. The molecule has 0 atom stereocenters. The molecular formula is C46H43N3O. The van der Waals surface area contributed by atoms with Crippen LogP contribution in [0.15, 0.2) is 128 Å². The van der Waals surface area contributed by atoms with Gasteiger partial charge in [0.25, 0.3) is 0 Å². The third-order valence-corrected chi connectivity index (χ3v) is 10.5. The first-order valence-corrected chi connectivity index (χ1v) is 17.5. The van der Waals surface area contributed by atoms with Gasteiger partial charge in [0.2, 0.25) is 0 Å². The number of fused-ring (bicyclic) bond motifs is 4. The highest BCUT2D eigenvalue weighted by Crippen LogP contribution is 2.56. The predicted octanol–water partition coefficient (Wildman–Crippen LogP) is 11.0. The first kappa shape index (κ1) is 31.8. The molecular weight excluding hydrogens is 611 g/mol. The maximum absolute atomic E-state index is 11.8. The summed E-state index contributed by atoms with van der Waals surface area (Å²) in [5.41, 5.74) is 13.1. The number of aromatic nitrogens is 3. The van der Waals surface area contributed by atoms with Crippen molar-refractivity contribution >= 4 is 11.0 Å². The van der Waals surface area contributed by atoms with Gasteiger partial charge in [-0.2, -0.15) is 0 Å². The highest BCUT2D eigenvalue weighted by molar-refractivity contribution is 5.95. The Bertz CT molecular complexity index is 2380. The molecule has 0 radical (unpaired) electrons. The van der Waals surface area contributed by atoms with Gasteiger partial charge in [-0.05, 0) is 80.1 Å². The number of aryl methyl sites for hydroxylation is 1. The minimum absolute atomic E-state index is 0.0975. The fourth-order valence-corrected chi connectivity index (χ4v) is 7.97. The van der Waals surface area contributed by atoms with Gasteiger partial charge < -0.3 is 9.67 Å². The van der Waals surface area contributed by atoms with Crippen molar-refractivity contribution < 1.29 is 5.11 Å². The third kappa shape index (κ3) is 4.73. The van der Waals surface area contributed by atoms with Crippen molar-refractivity contribution in [3.8, 4) is 39.4 Å². The van der Waals surface area contributed by atoms with Gasteiger partial charge in [0.05, 0.1) is 27.7 Å². The Morgan fingerprint density at radius 3 is 1.90 bits per heavy atom. The quantitative estimate of drug-likeness (QED) is 0.206. The second-order valence-corrected chi connectivity index (χ2v) is 15.7. The number of pyridine rings is 1. The van der Waals surface area contributed by atoms with Gasteiger partial charge in [-0.1, -0.05) is 133 Å². The lowest BCUT2D eigenvalue weighted by molar-refractivity contribution is 0.446. The molecule has 1 aliphatic rings. The van der Waals surface area contributed by atoms with Gasteiger partial charge in [-0.15, -0.1) is 0 Å². The first-order valence-electron chi connectivity index (χ1n) is 17.5. The first-order chi connectivity index (χ1) is 23.9. The summed E-state index contributed by atoms with van der Waals surface area (Å²) < 4.78 is 2.12. The standard InChI is InChI=1S/C46H43N3O/c1-44(2,3)31-27-35(42(50)38(28-31)45(4,5)6)43-48-41-32(20-15-23-39(41)49(43)7)29-16-14-17-30(26-29)46(40-24-12-13-25-47-40)36-21-10-8-18-33(36)34-19-9-11-22-37(34)46/h8-28,50H,1-7H3. The number of hydrogen-bond donors (Lipinski definition) is 1. The summed E-state index contributed by atoms with van der Waals surface area (Å²) in [4.78, 5) is 10.4. The van der Waals surface area contributed by atoms with Crippen LogP contribution >= 0.6 is 0 Å². The Morgan fingerprint density at radius 1 is 0.620 bits per heavy atom. The van der Waals surface area contributed by atoms with Crippen LogP contribution in [0.5, 0.6) is 5.75 Å². The van der Waals surface area contributed by atoms with E-state index < -0.39 is 5.41 Å². The molecule has 0 fully saturated rings. The summed E-state index contributed by atoms with van der Waals surface area (Å²) in [7, 11) is 2.05. The highest BCUT2D eigenvalue weighted by Gasteiger charge is 2.47. The van der Waals surface area contributed by atoms with E-state index in [9.17, 15) is 5.11 Å². The summed E-state index contributed by atoms with van der Waals surface area (Å²) in [6, 6.07) is 43.3. The molecule has 0 unspecified atom stereocenters. The SMILES string of the molecule is Cn1c(-c2cc(C(C)(C)C)cc(C(C)(C)C)c2O)nc2c(-c3cccc(C4(c5ccccn5)c5ccccc5-c5ccccc54)c3)cccc21. The lowest BCUT2D eigenvalue weighted by Crippen LogP contribution is -2.29. The average Bonchev–Trinajstić information content (AvgIpc) is 3.60. The van der Waals surface area contributed by atoms with Crippen LogP contribution in [-0.4, -0.2) is 19.6 Å². The molecule has 1 N–H and O–H groups in total. The van der Waals surface area contributed by atoms with E-state index in [2.05, 4.69) is 161 Å². The summed E-state index contributed by atoms with van der Waals surface area (Å²) in [5.74, 6) is 1.05. The number of imidazole rings is 1. The summed E-state index contributed by atoms with van der Waals surface area (Å²) in [6.07, 6.45) is 1.90. The number of aromatic hydroxyl groups is 1. The molecule has 7 aromatic rings. The Balaban J connectivity index is 1.36. The Morgan fingerprint density at radius 2 is 1.26 bits per heavy atom. The molecule has 0 aliphatic heterocycles. The number of hydrogen-bond acceptors (Lipinski definition) is 3. The number of phenolic OH excluding ortho intramolecular Hbond substituents is 1. The fourth-order valence-electron chi connectivity index (χ4n) is 7.97. The van der Waals surface area contributed by atoms with Crippen LogP contribution < -0.4 is 0 Å². The molecule has 1 aliphatic carbocycles. The molecule has 50 heavy (non-hydrogen) atoms. The monoisotopic (exact) mass is 653 g/mol. The molecule has 2 aromatic heterocycles. The Labute approximate surface area is 295 Å². The maximum atomic E-state index is 11.8. The van der Waals surface area contributed by atoms with Crippen molar-refractivity contribution in [3.05, 3.63) is 161 Å². The molecule has 0 spiro atoms. The van der Waals surface area contributed by atoms with Gasteiger partial charge in [0.15, 0.2) is 0 Å². The van der Waals surface area contributed by atoms with Gasteiger partial charge >= 0.3 is 0 Å². The number of rotatable bonds is 4. The van der Waals surface area contributed by atoms with E-state index in [1.54, 1.807) is 0 Å². The van der Waals surface area contributed by atoms with Crippen molar-refractivity contribution in [2.24, 2.45) is 7.05 Å². The van der Waals surface area contributed by atoms with E-state index in [1.807, 2.05) is 19.3 Å². The molecule has 2 heterocycles. The molecule has 0 bridgehead atoms. The Hall–Kier alpha value is -5.48. The molecule has 0 saturated heterocycles. The molecule has 0 amide bonds. The van der Waals surface area contributed by atoms with Crippen LogP contribution in [-0.2, 0) is 23.3 Å². The maximum Gasteiger partial charge on any atom is 0.144 e. The van der Waals surface area contributed by atoms with Crippen molar-refractivity contribution in [3.63, 3.8) is 0 Å². The van der Waals surface area contributed by atoms with Crippen LogP contribution in [0.4, 0.5) is 0 Å². The minimum atomic E-state index is -0.587. The van der Waals surface area contributed by atoms with Gasteiger partial charge in [0, 0.05) is 24.4 Å². The zero-order valence-electron chi connectivity index (χ0n) is 29.9. The molecule has 0 saturated carbocycles. The number of phenols is 1. The molecule has 4 heteroatoms. The topological polar surface area (TPSA) is 50.9 Å². The fraction of sp³-hybridized carbons (Fsp3) is 0.217. The van der Waals surface area contributed by atoms with Crippen LogP contribution in [0, 0.1) is 0 Å². The second-order valence-electron chi connectivity index (χ2n) is 15.7. The van der Waals surface area contributed by atoms with Crippen LogP contribution in [0.25, 0.3) is 44.7 Å². The molecule has 248 valence electrons. The number of para-hydroxylation sites is 1. The second kappa shape index (κ2) is 11.3. The van der Waals surface area contributed by atoms with E-state index in [0.717, 1.165) is 50.4 Å². The third-order valence-electron chi connectivity index (χ3n) is 10.5. The zero-order chi connectivity index (χ0) is 35.0. The van der Waals surface area contributed by atoms with E-state index in [1.165, 1.54) is 27.8 Å². The van der Waals surface area contributed by atoms with Crippen LogP contribution in [0.3, 0.4) is 0 Å². The summed E-state index contributed by atoms with van der Waals surface area (Å²) >= 11 is 0. The molecule has 4 nitrogen and oxygen atoms in total. The van der Waals surface area contributed by atoms with Gasteiger partial charge in [0.1, 0.15) is 11.6 Å². The van der Waals surface area contributed by atoms with Crippen molar-refractivity contribution in [2.75, 3.05) is 0 Å². The lowest BCUT2D eigenvalue weighted by atomic mass is 9.69. The number of benzene rings is 5. The van der Waals surface area contributed by atoms with Gasteiger partial charge in [-0.3, -0.25) is 4.98 Å². The van der Waals surface area contributed by atoms with Crippen molar-refractivity contribution in [2.45, 2.75) is 57.8 Å². The van der Waals surface area contributed by atoms with E-state index in [4.69, 9.17) is 9.97 Å². The van der Waals surface area contributed by atoms with Crippen LogP contribution in [0.2, 0.25) is 0 Å². The smallest absolute Gasteiger partial charge is 0.144 e. The van der Waals surface area contributed by atoms with Crippen molar-refractivity contribution in [1.82, 2.24) is 14.5 Å². The average molecular weight is 654 g/mol. The van der Waals surface area contributed by atoms with Crippen LogP contribution in [0.1, 0.15) is 75.1 Å². The summed E-state index contributed by atoms with van der Waals surface area (Å²) in [5, 5.41) is 11.8. The predicted molar refractivity (Wildman–Crippen MR) is 206 cm³/mol.